The van der Waals surface area contributed by atoms with E-state index in [4.69, 9.17) is 10.5 Å². The highest BCUT2D eigenvalue weighted by Crippen LogP contribution is 2.20. The van der Waals surface area contributed by atoms with Gasteiger partial charge >= 0.3 is 5.97 Å². The predicted molar refractivity (Wildman–Crippen MR) is 104 cm³/mol. The van der Waals surface area contributed by atoms with Gasteiger partial charge in [-0.25, -0.2) is 4.79 Å². The lowest BCUT2D eigenvalue weighted by Crippen LogP contribution is -2.15. The van der Waals surface area contributed by atoms with Gasteiger partial charge in [0.05, 0.1) is 23.5 Å². The zero-order chi connectivity index (χ0) is 19.8. The molecule has 0 fully saturated rings. The van der Waals surface area contributed by atoms with Crippen molar-refractivity contribution in [2.45, 2.75) is 13.8 Å². The molecule has 0 radical (unpaired) electrons. The molecule has 27 heavy (non-hydrogen) atoms. The standard InChI is InChI=1S/C20H20N4O3/c1-3-27-20(26)14-5-7-16(8-6-14)24-19(25)15(11-21)12-23-18-9-4-13(2)10-17(18)22/h4-10,12,23H,3,22H2,1-2H3,(H,24,25)/b15-12-. The topological polar surface area (TPSA) is 117 Å². The number of anilines is 3. The van der Waals surface area contributed by atoms with Gasteiger partial charge in [0.2, 0.25) is 0 Å². The minimum absolute atomic E-state index is 0.121. The quantitative estimate of drug-likeness (QED) is 0.314. The monoisotopic (exact) mass is 364 g/mol. The number of nitrogens with one attached hydrogen (secondary N) is 2. The van der Waals surface area contributed by atoms with Gasteiger partial charge in [0.1, 0.15) is 11.6 Å². The van der Waals surface area contributed by atoms with Crippen molar-refractivity contribution >= 4 is 28.9 Å². The molecule has 0 aliphatic rings. The van der Waals surface area contributed by atoms with Crippen LogP contribution in [0.4, 0.5) is 17.1 Å². The summed E-state index contributed by atoms with van der Waals surface area (Å²) < 4.78 is 4.90. The molecule has 138 valence electrons. The first-order valence-electron chi connectivity index (χ1n) is 8.26. The Bertz CT molecular complexity index is 912. The summed E-state index contributed by atoms with van der Waals surface area (Å²) in [7, 11) is 0. The van der Waals surface area contributed by atoms with Crippen molar-refractivity contribution in [3.8, 4) is 6.07 Å². The maximum Gasteiger partial charge on any atom is 0.338 e. The van der Waals surface area contributed by atoms with Gasteiger partial charge in [0, 0.05) is 11.9 Å². The Kier molecular flexibility index (Phi) is 6.55. The molecule has 0 aliphatic carbocycles. The summed E-state index contributed by atoms with van der Waals surface area (Å²) in [4.78, 5) is 23.9. The van der Waals surface area contributed by atoms with E-state index in [1.807, 2.05) is 19.1 Å². The normalized spacial score (nSPS) is 10.6. The number of carbonyl (C=O) groups is 2. The number of hydrogen-bond donors (Lipinski definition) is 3. The second-order valence-electron chi connectivity index (χ2n) is 5.66. The van der Waals surface area contributed by atoms with Crippen molar-refractivity contribution in [2.24, 2.45) is 0 Å². The molecule has 2 rings (SSSR count). The number of hydrogen-bond acceptors (Lipinski definition) is 6. The van der Waals surface area contributed by atoms with E-state index < -0.39 is 11.9 Å². The molecule has 7 heteroatoms. The number of benzene rings is 2. The smallest absolute Gasteiger partial charge is 0.338 e. The van der Waals surface area contributed by atoms with Crippen molar-refractivity contribution in [3.05, 3.63) is 65.4 Å². The Morgan fingerprint density at radius 1 is 1.22 bits per heavy atom. The number of aryl methyl sites for hydroxylation is 1. The average molecular weight is 364 g/mol. The van der Waals surface area contributed by atoms with Gasteiger partial charge in [-0.2, -0.15) is 5.26 Å². The molecule has 1 amide bonds. The summed E-state index contributed by atoms with van der Waals surface area (Å²) in [5, 5.41) is 14.7. The molecule has 0 spiro atoms. The Morgan fingerprint density at radius 2 is 1.93 bits per heavy atom. The minimum atomic E-state index is -0.584. The van der Waals surface area contributed by atoms with Gasteiger partial charge in [-0.05, 0) is 55.8 Å². The first-order valence-corrected chi connectivity index (χ1v) is 8.26. The highest BCUT2D eigenvalue weighted by atomic mass is 16.5. The van der Waals surface area contributed by atoms with Gasteiger partial charge in [-0.15, -0.1) is 0 Å². The maximum atomic E-state index is 12.3. The molecule has 0 saturated heterocycles. The molecule has 0 atom stereocenters. The molecule has 4 N–H and O–H groups in total. The summed E-state index contributed by atoms with van der Waals surface area (Å²) >= 11 is 0. The minimum Gasteiger partial charge on any atom is -0.462 e. The van der Waals surface area contributed by atoms with E-state index in [-0.39, 0.29) is 12.2 Å². The number of nitriles is 1. The van der Waals surface area contributed by atoms with Crippen LogP contribution < -0.4 is 16.4 Å². The fraction of sp³-hybridized carbons (Fsp3) is 0.150. The lowest BCUT2D eigenvalue weighted by Gasteiger charge is -2.08. The Morgan fingerprint density at radius 3 is 2.52 bits per heavy atom. The van der Waals surface area contributed by atoms with E-state index in [9.17, 15) is 14.9 Å². The van der Waals surface area contributed by atoms with E-state index >= 15 is 0 Å². The third kappa shape index (κ3) is 5.34. The molecule has 0 heterocycles. The summed E-state index contributed by atoms with van der Waals surface area (Å²) in [6.45, 7) is 3.92. The fourth-order valence-corrected chi connectivity index (χ4v) is 2.21. The van der Waals surface area contributed by atoms with Crippen LogP contribution in [0.15, 0.2) is 54.2 Å². The highest BCUT2D eigenvalue weighted by molar-refractivity contribution is 6.07. The van der Waals surface area contributed by atoms with Crippen LogP contribution in [-0.2, 0) is 9.53 Å². The van der Waals surface area contributed by atoms with E-state index in [0.29, 0.717) is 22.6 Å². The van der Waals surface area contributed by atoms with Crippen LogP contribution in [-0.4, -0.2) is 18.5 Å². The molecule has 0 saturated carbocycles. The van der Waals surface area contributed by atoms with Crippen molar-refractivity contribution in [1.29, 1.82) is 5.26 Å². The molecular formula is C20H20N4O3. The van der Waals surface area contributed by atoms with Crippen molar-refractivity contribution in [2.75, 3.05) is 23.0 Å². The number of nitrogens with two attached hydrogens (primary N) is 1. The Hall–Kier alpha value is -3.79. The van der Waals surface area contributed by atoms with E-state index in [1.165, 1.54) is 18.3 Å². The number of rotatable bonds is 6. The predicted octanol–water partition coefficient (Wildman–Crippen LogP) is 3.21. The molecule has 7 nitrogen and oxygen atoms in total. The average Bonchev–Trinajstić information content (AvgIpc) is 2.64. The van der Waals surface area contributed by atoms with Gasteiger partial charge in [-0.1, -0.05) is 6.07 Å². The lowest BCUT2D eigenvalue weighted by molar-refractivity contribution is -0.112. The summed E-state index contributed by atoms with van der Waals surface area (Å²) in [6, 6.07) is 13.4. The number of ether oxygens (including phenoxy) is 1. The Balaban J connectivity index is 2.06. The zero-order valence-electron chi connectivity index (χ0n) is 15.1. The number of nitrogen functional groups attached to an aromatic ring is 1. The van der Waals surface area contributed by atoms with E-state index in [2.05, 4.69) is 10.6 Å². The first kappa shape index (κ1) is 19.5. The number of nitrogens with zero attached hydrogens (tertiary/aromatic N) is 1. The van der Waals surface area contributed by atoms with Crippen LogP contribution in [0, 0.1) is 18.3 Å². The van der Waals surface area contributed by atoms with E-state index in [1.54, 1.807) is 31.2 Å². The molecule has 0 unspecified atom stereocenters. The molecule has 0 bridgehead atoms. The van der Waals surface area contributed by atoms with Crippen LogP contribution in [0.2, 0.25) is 0 Å². The van der Waals surface area contributed by atoms with Crippen molar-refractivity contribution in [1.82, 2.24) is 0 Å². The van der Waals surface area contributed by atoms with Crippen LogP contribution in [0.5, 0.6) is 0 Å². The van der Waals surface area contributed by atoms with Crippen molar-refractivity contribution < 1.29 is 14.3 Å². The van der Waals surface area contributed by atoms with Crippen LogP contribution in [0.1, 0.15) is 22.8 Å². The number of esters is 1. The highest BCUT2D eigenvalue weighted by Gasteiger charge is 2.11. The molecule has 0 aromatic heterocycles. The molecular weight excluding hydrogens is 344 g/mol. The second kappa shape index (κ2) is 9.06. The Labute approximate surface area is 157 Å². The number of amides is 1. The van der Waals surface area contributed by atoms with E-state index in [0.717, 1.165) is 5.56 Å². The van der Waals surface area contributed by atoms with Gasteiger partial charge in [0.15, 0.2) is 0 Å². The zero-order valence-corrected chi connectivity index (χ0v) is 15.1. The van der Waals surface area contributed by atoms with Crippen LogP contribution >= 0.6 is 0 Å². The summed E-state index contributed by atoms with van der Waals surface area (Å²) in [5.74, 6) is -1.02. The lowest BCUT2D eigenvalue weighted by atomic mass is 10.2. The van der Waals surface area contributed by atoms with Crippen molar-refractivity contribution in [3.63, 3.8) is 0 Å². The van der Waals surface area contributed by atoms with Gasteiger partial charge < -0.3 is 21.1 Å². The first-order chi connectivity index (χ1) is 12.9. The largest absolute Gasteiger partial charge is 0.462 e. The molecule has 0 aliphatic heterocycles. The second-order valence-corrected chi connectivity index (χ2v) is 5.66. The van der Waals surface area contributed by atoms with Gasteiger partial charge in [0.25, 0.3) is 5.91 Å². The molecule has 2 aromatic carbocycles. The fourth-order valence-electron chi connectivity index (χ4n) is 2.21. The summed E-state index contributed by atoms with van der Waals surface area (Å²) in [6.07, 6.45) is 1.29. The summed E-state index contributed by atoms with van der Waals surface area (Å²) in [5.41, 5.74) is 8.72. The molecule has 2 aromatic rings. The van der Waals surface area contributed by atoms with Crippen LogP contribution in [0.25, 0.3) is 0 Å². The third-order valence-electron chi connectivity index (χ3n) is 3.60. The SMILES string of the molecule is CCOC(=O)c1ccc(NC(=O)/C(C#N)=C\Nc2ccc(C)cc2N)cc1. The van der Waals surface area contributed by atoms with Crippen LogP contribution in [0.3, 0.4) is 0 Å². The van der Waals surface area contributed by atoms with Gasteiger partial charge in [-0.3, -0.25) is 4.79 Å². The number of carbonyl (C=O) groups excluding carboxylic acids is 2. The third-order valence-corrected chi connectivity index (χ3v) is 3.60. The maximum absolute atomic E-state index is 12.3.